The molecule has 0 amide bonds. The summed E-state index contributed by atoms with van der Waals surface area (Å²) in [6.45, 7) is 5.86. The SMILES string of the molecule is COc1cc(N2CCN(C)CC2)ccc1Nc1ncc2ccn(CC3CCCO3)c2n1. The number of fused-ring (bicyclic) bond motifs is 1. The van der Waals surface area contributed by atoms with E-state index in [0.717, 1.165) is 74.6 Å². The van der Waals surface area contributed by atoms with Gasteiger partial charge in [0.25, 0.3) is 0 Å². The zero-order valence-corrected chi connectivity index (χ0v) is 18.3. The van der Waals surface area contributed by atoms with Gasteiger partial charge in [0, 0.05) is 62.3 Å². The molecule has 3 aromatic rings. The maximum Gasteiger partial charge on any atom is 0.229 e. The van der Waals surface area contributed by atoms with Gasteiger partial charge >= 0.3 is 0 Å². The first-order valence-electron chi connectivity index (χ1n) is 11.0. The standard InChI is InChI=1S/C23H30N6O2/c1-27-9-11-28(12-10-27)18-5-6-20(21(14-18)30-2)25-23-24-15-17-7-8-29(22(17)26-23)16-19-4-3-13-31-19/h5-8,14-15,19H,3-4,9-13,16H2,1-2H3,(H,24,25,26). The van der Waals surface area contributed by atoms with Crippen molar-refractivity contribution in [1.82, 2.24) is 19.4 Å². The summed E-state index contributed by atoms with van der Waals surface area (Å²) in [6.07, 6.45) is 6.43. The molecule has 1 N–H and O–H groups in total. The molecule has 0 radical (unpaired) electrons. The molecule has 164 valence electrons. The van der Waals surface area contributed by atoms with Gasteiger partial charge in [0.2, 0.25) is 5.95 Å². The number of piperazine rings is 1. The van der Waals surface area contributed by atoms with Crippen molar-refractivity contribution in [1.29, 1.82) is 0 Å². The van der Waals surface area contributed by atoms with Crippen molar-refractivity contribution in [3.05, 3.63) is 36.7 Å². The van der Waals surface area contributed by atoms with Crippen LogP contribution in [0.4, 0.5) is 17.3 Å². The first-order valence-corrected chi connectivity index (χ1v) is 11.0. The zero-order valence-electron chi connectivity index (χ0n) is 18.3. The van der Waals surface area contributed by atoms with Crippen molar-refractivity contribution in [2.24, 2.45) is 0 Å². The van der Waals surface area contributed by atoms with Gasteiger partial charge in [-0.3, -0.25) is 0 Å². The average Bonchev–Trinajstić information content (AvgIpc) is 3.45. The Labute approximate surface area is 182 Å². The lowest BCUT2D eigenvalue weighted by Crippen LogP contribution is -2.44. The summed E-state index contributed by atoms with van der Waals surface area (Å²) in [4.78, 5) is 14.0. The third kappa shape index (κ3) is 4.31. The van der Waals surface area contributed by atoms with Crippen LogP contribution in [0, 0.1) is 0 Å². The van der Waals surface area contributed by atoms with E-state index < -0.39 is 0 Å². The normalized spacial score (nSPS) is 19.8. The van der Waals surface area contributed by atoms with E-state index in [1.54, 1.807) is 7.11 Å². The Kier molecular flexibility index (Phi) is 5.65. The summed E-state index contributed by atoms with van der Waals surface area (Å²) in [5, 5.41) is 4.37. The van der Waals surface area contributed by atoms with E-state index in [0.29, 0.717) is 5.95 Å². The highest BCUT2D eigenvalue weighted by Crippen LogP contribution is 2.32. The van der Waals surface area contributed by atoms with E-state index >= 15 is 0 Å². The number of benzene rings is 1. The van der Waals surface area contributed by atoms with Gasteiger partial charge in [-0.05, 0) is 38.1 Å². The predicted octanol–water partition coefficient (Wildman–Crippen LogP) is 3.11. The number of hydrogen-bond acceptors (Lipinski definition) is 7. The topological polar surface area (TPSA) is 67.7 Å². The summed E-state index contributed by atoms with van der Waals surface area (Å²) < 4.78 is 13.6. The van der Waals surface area contributed by atoms with Gasteiger partial charge in [-0.25, -0.2) is 4.98 Å². The van der Waals surface area contributed by atoms with Crippen LogP contribution in [0.1, 0.15) is 12.8 Å². The van der Waals surface area contributed by atoms with Crippen LogP contribution >= 0.6 is 0 Å². The lowest BCUT2D eigenvalue weighted by Gasteiger charge is -2.34. The largest absolute Gasteiger partial charge is 0.494 e. The van der Waals surface area contributed by atoms with Crippen LogP contribution in [-0.2, 0) is 11.3 Å². The van der Waals surface area contributed by atoms with E-state index in [2.05, 4.69) is 56.1 Å². The molecule has 0 spiro atoms. The first-order chi connectivity index (χ1) is 15.2. The fourth-order valence-corrected chi connectivity index (χ4v) is 4.35. The Morgan fingerprint density at radius 2 is 2.06 bits per heavy atom. The number of methoxy groups -OCH3 is 1. The minimum atomic E-state index is 0.268. The highest BCUT2D eigenvalue weighted by atomic mass is 16.5. The molecule has 1 atom stereocenters. The molecule has 0 aliphatic carbocycles. The fourth-order valence-electron chi connectivity index (χ4n) is 4.35. The molecule has 31 heavy (non-hydrogen) atoms. The second kappa shape index (κ2) is 8.72. The minimum Gasteiger partial charge on any atom is -0.494 e. The van der Waals surface area contributed by atoms with E-state index in [-0.39, 0.29) is 6.10 Å². The minimum absolute atomic E-state index is 0.268. The number of anilines is 3. The molecular formula is C23H30N6O2. The van der Waals surface area contributed by atoms with Gasteiger partial charge in [0.1, 0.15) is 11.4 Å². The molecular weight excluding hydrogens is 392 g/mol. The Hall–Kier alpha value is -2.84. The maximum atomic E-state index is 5.80. The summed E-state index contributed by atoms with van der Waals surface area (Å²) in [5.41, 5.74) is 2.95. The first kappa shape index (κ1) is 20.1. The molecule has 1 unspecified atom stereocenters. The molecule has 1 aromatic carbocycles. The average molecular weight is 423 g/mol. The smallest absolute Gasteiger partial charge is 0.229 e. The van der Waals surface area contributed by atoms with Gasteiger partial charge < -0.3 is 29.2 Å². The molecule has 0 bridgehead atoms. The number of hydrogen-bond donors (Lipinski definition) is 1. The quantitative estimate of drug-likeness (QED) is 0.655. The third-order valence-corrected chi connectivity index (χ3v) is 6.23. The summed E-state index contributed by atoms with van der Waals surface area (Å²) in [7, 11) is 3.87. The lowest BCUT2D eigenvalue weighted by molar-refractivity contribution is 0.0979. The highest BCUT2D eigenvalue weighted by Gasteiger charge is 2.18. The van der Waals surface area contributed by atoms with Crippen LogP contribution in [-0.4, -0.2) is 72.5 Å². The van der Waals surface area contributed by atoms with Crippen LogP contribution in [0.3, 0.4) is 0 Å². The number of likely N-dealkylation sites (N-methyl/N-ethyl adjacent to an activating group) is 1. The number of nitrogens with zero attached hydrogens (tertiary/aromatic N) is 5. The van der Waals surface area contributed by atoms with Crippen molar-refractivity contribution in [3.8, 4) is 5.75 Å². The van der Waals surface area contributed by atoms with Crippen LogP contribution in [0.25, 0.3) is 11.0 Å². The number of ether oxygens (including phenoxy) is 2. The molecule has 2 aliphatic heterocycles. The number of aromatic nitrogens is 3. The van der Waals surface area contributed by atoms with Crippen molar-refractivity contribution in [2.75, 3.05) is 57.2 Å². The molecule has 2 aliphatic rings. The van der Waals surface area contributed by atoms with Crippen LogP contribution in [0.15, 0.2) is 36.7 Å². The van der Waals surface area contributed by atoms with Gasteiger partial charge in [0.05, 0.1) is 25.4 Å². The zero-order chi connectivity index (χ0) is 21.2. The maximum absolute atomic E-state index is 5.80. The van der Waals surface area contributed by atoms with Crippen molar-refractivity contribution < 1.29 is 9.47 Å². The second-order valence-electron chi connectivity index (χ2n) is 8.38. The lowest BCUT2D eigenvalue weighted by atomic mass is 10.2. The van der Waals surface area contributed by atoms with Gasteiger partial charge in [-0.2, -0.15) is 4.98 Å². The van der Waals surface area contributed by atoms with Crippen LogP contribution < -0.4 is 15.0 Å². The number of rotatable bonds is 6. The highest BCUT2D eigenvalue weighted by molar-refractivity contribution is 5.77. The van der Waals surface area contributed by atoms with Gasteiger partial charge in [-0.1, -0.05) is 0 Å². The molecule has 4 heterocycles. The molecule has 5 rings (SSSR count). The Balaban J connectivity index is 1.36. The molecule has 0 saturated carbocycles. The summed E-state index contributed by atoms with van der Waals surface area (Å²) >= 11 is 0. The van der Waals surface area contributed by atoms with Crippen molar-refractivity contribution >= 4 is 28.4 Å². The monoisotopic (exact) mass is 422 g/mol. The molecule has 2 aromatic heterocycles. The van der Waals surface area contributed by atoms with Crippen molar-refractivity contribution in [2.45, 2.75) is 25.5 Å². The third-order valence-electron chi connectivity index (χ3n) is 6.23. The van der Waals surface area contributed by atoms with E-state index in [1.165, 1.54) is 5.69 Å². The number of nitrogens with one attached hydrogen (secondary N) is 1. The van der Waals surface area contributed by atoms with E-state index in [1.807, 2.05) is 12.3 Å². The van der Waals surface area contributed by atoms with Crippen LogP contribution in [0.2, 0.25) is 0 Å². The summed E-state index contributed by atoms with van der Waals surface area (Å²) in [5.74, 6) is 1.35. The van der Waals surface area contributed by atoms with E-state index in [4.69, 9.17) is 14.5 Å². The molecule has 8 nitrogen and oxygen atoms in total. The van der Waals surface area contributed by atoms with Gasteiger partial charge in [-0.15, -0.1) is 0 Å². The summed E-state index contributed by atoms with van der Waals surface area (Å²) in [6, 6.07) is 8.33. The van der Waals surface area contributed by atoms with Crippen LogP contribution in [0.5, 0.6) is 5.75 Å². The second-order valence-corrected chi connectivity index (χ2v) is 8.38. The molecule has 8 heteroatoms. The molecule has 2 fully saturated rings. The fraction of sp³-hybridized carbons (Fsp3) is 0.478. The Morgan fingerprint density at radius 1 is 1.19 bits per heavy atom. The Morgan fingerprint density at radius 3 is 2.84 bits per heavy atom. The molecule has 2 saturated heterocycles. The Bertz CT molecular complexity index is 1040. The predicted molar refractivity (Wildman–Crippen MR) is 122 cm³/mol. The van der Waals surface area contributed by atoms with E-state index in [9.17, 15) is 0 Å². The van der Waals surface area contributed by atoms with Gasteiger partial charge in [0.15, 0.2) is 0 Å². The van der Waals surface area contributed by atoms with Crippen molar-refractivity contribution in [3.63, 3.8) is 0 Å².